The lowest BCUT2D eigenvalue weighted by Gasteiger charge is -2.11. The van der Waals surface area contributed by atoms with E-state index < -0.39 is 0 Å². The van der Waals surface area contributed by atoms with Gasteiger partial charge in [-0.15, -0.1) is 0 Å². The number of benzene rings is 1. The quantitative estimate of drug-likeness (QED) is 0.641. The Labute approximate surface area is 121 Å². The van der Waals surface area contributed by atoms with Gasteiger partial charge in [0.15, 0.2) is 5.96 Å². The fourth-order valence-electron chi connectivity index (χ4n) is 2.23. The van der Waals surface area contributed by atoms with Crippen molar-refractivity contribution in [2.45, 2.75) is 39.8 Å². The zero-order chi connectivity index (χ0) is 14.5. The Hall–Kier alpha value is -1.71. The van der Waals surface area contributed by atoms with Crippen molar-refractivity contribution in [1.82, 2.24) is 10.6 Å². The third kappa shape index (κ3) is 3.89. The van der Waals surface area contributed by atoms with Crippen LogP contribution >= 0.6 is 0 Å². The topological polar surface area (TPSA) is 45.7 Å². The summed E-state index contributed by atoms with van der Waals surface area (Å²) in [5.74, 6) is 2.60. The highest BCUT2D eigenvalue weighted by Crippen LogP contribution is 2.28. The number of hydrogen-bond acceptors (Lipinski definition) is 2. The highest BCUT2D eigenvalue weighted by atomic mass is 16.5. The highest BCUT2D eigenvalue weighted by molar-refractivity contribution is 5.80. The predicted octanol–water partition coefficient (Wildman–Crippen LogP) is 2.47. The first-order valence-corrected chi connectivity index (χ1v) is 7.32. The van der Waals surface area contributed by atoms with Gasteiger partial charge in [-0.05, 0) is 43.4 Å². The lowest BCUT2D eigenvalue weighted by molar-refractivity contribution is 0.411. The zero-order valence-electron chi connectivity index (χ0n) is 12.9. The first-order chi connectivity index (χ1) is 9.63. The van der Waals surface area contributed by atoms with E-state index in [-0.39, 0.29) is 0 Å². The van der Waals surface area contributed by atoms with Crippen LogP contribution in [-0.4, -0.2) is 25.7 Å². The largest absolute Gasteiger partial charge is 0.496 e. The number of rotatable bonds is 5. The van der Waals surface area contributed by atoms with Gasteiger partial charge in [-0.3, -0.25) is 0 Å². The average molecular weight is 275 g/mol. The molecule has 0 radical (unpaired) electrons. The number of nitrogens with zero attached hydrogens (tertiary/aromatic N) is 1. The minimum atomic E-state index is 0.588. The van der Waals surface area contributed by atoms with Crippen molar-refractivity contribution >= 4 is 5.96 Å². The molecule has 2 atom stereocenters. The maximum Gasteiger partial charge on any atom is 0.191 e. The Bertz CT molecular complexity index is 485. The summed E-state index contributed by atoms with van der Waals surface area (Å²) in [5.41, 5.74) is 2.35. The van der Waals surface area contributed by atoms with Gasteiger partial charge in [-0.25, -0.2) is 4.99 Å². The second-order valence-corrected chi connectivity index (χ2v) is 5.46. The molecule has 1 aliphatic rings. The smallest absolute Gasteiger partial charge is 0.191 e. The Morgan fingerprint density at radius 2 is 2.20 bits per heavy atom. The van der Waals surface area contributed by atoms with E-state index in [2.05, 4.69) is 48.5 Å². The van der Waals surface area contributed by atoms with Crippen LogP contribution in [0.4, 0.5) is 0 Å². The minimum absolute atomic E-state index is 0.588. The van der Waals surface area contributed by atoms with Crippen LogP contribution < -0.4 is 15.4 Å². The molecule has 0 heterocycles. The number of nitrogens with one attached hydrogen (secondary N) is 2. The molecule has 4 heteroatoms. The minimum Gasteiger partial charge on any atom is -0.496 e. The maximum absolute atomic E-state index is 5.28. The average Bonchev–Trinajstić information content (AvgIpc) is 3.12. The maximum atomic E-state index is 5.28. The van der Waals surface area contributed by atoms with Crippen LogP contribution in [0.15, 0.2) is 23.2 Å². The molecule has 0 bridgehead atoms. The van der Waals surface area contributed by atoms with Gasteiger partial charge in [0.1, 0.15) is 5.75 Å². The lowest BCUT2D eigenvalue weighted by Crippen LogP contribution is -2.39. The van der Waals surface area contributed by atoms with Crippen molar-refractivity contribution in [2.24, 2.45) is 10.9 Å². The summed E-state index contributed by atoms with van der Waals surface area (Å²) in [4.78, 5) is 4.65. The number of hydrogen-bond donors (Lipinski definition) is 2. The first kappa shape index (κ1) is 14.7. The SMILES string of the molecule is CCNC(=NCc1ccc(OC)c(C)c1)NC1CC1C. The molecule has 4 nitrogen and oxygen atoms in total. The zero-order valence-corrected chi connectivity index (χ0v) is 12.9. The molecule has 0 spiro atoms. The van der Waals surface area contributed by atoms with E-state index in [4.69, 9.17) is 4.74 Å². The second-order valence-electron chi connectivity index (χ2n) is 5.46. The van der Waals surface area contributed by atoms with E-state index in [0.717, 1.165) is 29.7 Å². The summed E-state index contributed by atoms with van der Waals surface area (Å²) in [7, 11) is 1.70. The molecule has 1 aromatic rings. The van der Waals surface area contributed by atoms with E-state index in [9.17, 15) is 0 Å². The number of guanidine groups is 1. The van der Waals surface area contributed by atoms with Gasteiger partial charge >= 0.3 is 0 Å². The molecule has 0 aliphatic heterocycles. The van der Waals surface area contributed by atoms with E-state index in [1.165, 1.54) is 12.0 Å². The Morgan fingerprint density at radius 1 is 1.45 bits per heavy atom. The summed E-state index contributed by atoms with van der Waals surface area (Å²) in [6, 6.07) is 6.79. The molecule has 20 heavy (non-hydrogen) atoms. The predicted molar refractivity (Wildman–Crippen MR) is 83.3 cm³/mol. The molecule has 2 N–H and O–H groups in total. The molecule has 0 saturated heterocycles. The van der Waals surface area contributed by atoms with Crippen LogP contribution in [0.3, 0.4) is 0 Å². The Kier molecular flexibility index (Phi) is 4.88. The second kappa shape index (κ2) is 6.64. The van der Waals surface area contributed by atoms with Crippen LogP contribution in [0, 0.1) is 12.8 Å². The molecule has 2 unspecified atom stereocenters. The molecule has 1 aromatic carbocycles. The lowest BCUT2D eigenvalue weighted by atomic mass is 10.1. The summed E-state index contributed by atoms with van der Waals surface area (Å²) in [6.45, 7) is 7.97. The Morgan fingerprint density at radius 3 is 2.75 bits per heavy atom. The van der Waals surface area contributed by atoms with Crippen molar-refractivity contribution in [3.05, 3.63) is 29.3 Å². The molecule has 1 aliphatic carbocycles. The summed E-state index contributed by atoms with van der Waals surface area (Å²) < 4.78 is 5.28. The molecule has 110 valence electrons. The normalized spacial score (nSPS) is 21.5. The standard InChI is InChI=1S/C16H25N3O/c1-5-17-16(19-14-9-11(14)2)18-10-13-6-7-15(20-4)12(3)8-13/h6-8,11,14H,5,9-10H2,1-4H3,(H2,17,18,19). The van der Waals surface area contributed by atoms with Gasteiger partial charge < -0.3 is 15.4 Å². The van der Waals surface area contributed by atoms with Crippen LogP contribution in [0.5, 0.6) is 5.75 Å². The van der Waals surface area contributed by atoms with E-state index in [0.29, 0.717) is 12.6 Å². The fourth-order valence-corrected chi connectivity index (χ4v) is 2.23. The van der Waals surface area contributed by atoms with Gasteiger partial charge in [0.25, 0.3) is 0 Å². The molecular weight excluding hydrogens is 250 g/mol. The summed E-state index contributed by atoms with van der Waals surface area (Å²) >= 11 is 0. The number of aliphatic imine (C=N–C) groups is 1. The highest BCUT2D eigenvalue weighted by Gasteiger charge is 2.33. The third-order valence-corrected chi connectivity index (χ3v) is 3.65. The molecule has 0 amide bonds. The van der Waals surface area contributed by atoms with Gasteiger partial charge in [0.05, 0.1) is 13.7 Å². The Balaban J connectivity index is 1.98. The summed E-state index contributed by atoms with van der Waals surface area (Å²) in [6.07, 6.45) is 1.24. The molecule has 0 aromatic heterocycles. The molecular formula is C16H25N3O. The van der Waals surface area contributed by atoms with Gasteiger partial charge in [-0.2, -0.15) is 0 Å². The first-order valence-electron chi connectivity index (χ1n) is 7.32. The molecule has 1 saturated carbocycles. The fraction of sp³-hybridized carbons (Fsp3) is 0.562. The summed E-state index contributed by atoms with van der Waals surface area (Å²) in [5, 5.41) is 6.76. The van der Waals surface area contributed by atoms with Crippen molar-refractivity contribution in [3.63, 3.8) is 0 Å². The monoisotopic (exact) mass is 275 g/mol. The van der Waals surface area contributed by atoms with Gasteiger partial charge in [0, 0.05) is 12.6 Å². The van der Waals surface area contributed by atoms with E-state index in [1.807, 2.05) is 6.07 Å². The number of methoxy groups -OCH3 is 1. The third-order valence-electron chi connectivity index (χ3n) is 3.65. The van der Waals surface area contributed by atoms with Crippen molar-refractivity contribution in [2.75, 3.05) is 13.7 Å². The molecule has 2 rings (SSSR count). The van der Waals surface area contributed by atoms with E-state index >= 15 is 0 Å². The molecule has 1 fully saturated rings. The number of aryl methyl sites for hydroxylation is 1. The van der Waals surface area contributed by atoms with Crippen molar-refractivity contribution < 1.29 is 4.74 Å². The van der Waals surface area contributed by atoms with Crippen molar-refractivity contribution in [1.29, 1.82) is 0 Å². The van der Waals surface area contributed by atoms with Gasteiger partial charge in [-0.1, -0.05) is 19.1 Å². The van der Waals surface area contributed by atoms with Crippen LogP contribution in [-0.2, 0) is 6.54 Å². The number of ether oxygens (including phenoxy) is 1. The van der Waals surface area contributed by atoms with E-state index in [1.54, 1.807) is 7.11 Å². The van der Waals surface area contributed by atoms with Crippen LogP contribution in [0.1, 0.15) is 31.4 Å². The van der Waals surface area contributed by atoms with Crippen molar-refractivity contribution in [3.8, 4) is 5.75 Å². The van der Waals surface area contributed by atoms with Crippen LogP contribution in [0.25, 0.3) is 0 Å². The van der Waals surface area contributed by atoms with Crippen LogP contribution in [0.2, 0.25) is 0 Å². The van der Waals surface area contributed by atoms with Gasteiger partial charge in [0.2, 0.25) is 0 Å².